The summed E-state index contributed by atoms with van der Waals surface area (Å²) in [4.78, 5) is 4.81. The molecule has 1 unspecified atom stereocenters. The van der Waals surface area contributed by atoms with Gasteiger partial charge in [-0.3, -0.25) is 0 Å². The normalized spacial score (nSPS) is 12.9. The van der Waals surface area contributed by atoms with Crippen molar-refractivity contribution in [3.63, 3.8) is 0 Å². The third-order valence-electron chi connectivity index (χ3n) is 3.65. The molecule has 3 rings (SSSR count). The van der Waals surface area contributed by atoms with E-state index in [9.17, 15) is 0 Å². The van der Waals surface area contributed by atoms with E-state index in [4.69, 9.17) is 4.98 Å². The van der Waals surface area contributed by atoms with Crippen molar-refractivity contribution in [2.24, 2.45) is 0 Å². The Morgan fingerprint density at radius 1 is 1.33 bits per heavy atom. The predicted molar refractivity (Wildman–Crippen MR) is 85.4 cm³/mol. The number of imidazole rings is 1. The molecule has 1 N–H and O–H groups in total. The van der Waals surface area contributed by atoms with Crippen LogP contribution in [0, 0.1) is 0 Å². The van der Waals surface area contributed by atoms with Crippen molar-refractivity contribution in [1.29, 1.82) is 0 Å². The van der Waals surface area contributed by atoms with Crippen molar-refractivity contribution >= 4 is 22.8 Å². The summed E-state index contributed by atoms with van der Waals surface area (Å²) in [5, 5.41) is 3.32. The van der Waals surface area contributed by atoms with Crippen LogP contribution in [-0.4, -0.2) is 25.3 Å². The topological polar surface area (TPSA) is 55.6 Å². The number of fused-ring (bicyclic) bond motifs is 1. The molecule has 1 atom stereocenters. The minimum Gasteiger partial charge on any atom is -0.328 e. The van der Waals surface area contributed by atoms with Crippen molar-refractivity contribution in [3.8, 4) is 0 Å². The molecular formula is C15H19N5S. The lowest BCUT2D eigenvalue weighted by molar-refractivity contribution is 0.540. The van der Waals surface area contributed by atoms with Gasteiger partial charge in [-0.05, 0) is 25.6 Å². The zero-order valence-corrected chi connectivity index (χ0v) is 13.1. The van der Waals surface area contributed by atoms with E-state index in [0.717, 1.165) is 36.4 Å². The summed E-state index contributed by atoms with van der Waals surface area (Å²) in [6.07, 6.45) is 3.74. The quantitative estimate of drug-likeness (QED) is 0.760. The van der Waals surface area contributed by atoms with Gasteiger partial charge in [0, 0.05) is 13.0 Å². The highest BCUT2D eigenvalue weighted by Crippen LogP contribution is 2.21. The molecule has 110 valence electrons. The van der Waals surface area contributed by atoms with Crippen LogP contribution in [0.4, 0.5) is 0 Å². The molecule has 0 aliphatic rings. The maximum atomic E-state index is 4.81. The van der Waals surface area contributed by atoms with Crippen LogP contribution < -0.4 is 5.32 Å². The van der Waals surface area contributed by atoms with Crippen molar-refractivity contribution in [2.45, 2.75) is 32.4 Å². The Balaban J connectivity index is 1.97. The van der Waals surface area contributed by atoms with Gasteiger partial charge in [-0.2, -0.15) is 8.75 Å². The number of rotatable bonds is 6. The molecule has 0 aliphatic heterocycles. The van der Waals surface area contributed by atoms with Crippen molar-refractivity contribution < 1.29 is 0 Å². The van der Waals surface area contributed by atoms with E-state index in [1.165, 1.54) is 17.2 Å². The highest BCUT2D eigenvalue weighted by molar-refractivity contribution is 6.99. The minimum atomic E-state index is 0.149. The second-order valence-corrected chi connectivity index (χ2v) is 5.60. The number of aryl methyl sites for hydroxylation is 1. The van der Waals surface area contributed by atoms with E-state index >= 15 is 0 Å². The molecular weight excluding hydrogens is 282 g/mol. The maximum absolute atomic E-state index is 4.81. The highest BCUT2D eigenvalue weighted by atomic mass is 32.1. The Morgan fingerprint density at radius 3 is 2.90 bits per heavy atom. The third kappa shape index (κ3) is 2.82. The van der Waals surface area contributed by atoms with Crippen molar-refractivity contribution in [1.82, 2.24) is 23.6 Å². The Hall–Kier alpha value is -1.79. The summed E-state index contributed by atoms with van der Waals surface area (Å²) in [7, 11) is 1.96. The lowest BCUT2D eigenvalue weighted by Crippen LogP contribution is -2.21. The van der Waals surface area contributed by atoms with Crippen LogP contribution in [0.5, 0.6) is 0 Å². The van der Waals surface area contributed by atoms with Crippen molar-refractivity contribution in [3.05, 3.63) is 42.0 Å². The molecule has 0 radical (unpaired) electrons. The first-order valence-corrected chi connectivity index (χ1v) is 7.95. The molecule has 1 aromatic carbocycles. The number of hydrogen-bond donors (Lipinski definition) is 1. The molecule has 5 nitrogen and oxygen atoms in total. The van der Waals surface area contributed by atoms with Crippen LogP contribution in [0.25, 0.3) is 11.0 Å². The van der Waals surface area contributed by atoms with Gasteiger partial charge in [-0.25, -0.2) is 4.98 Å². The van der Waals surface area contributed by atoms with Crippen LogP contribution in [-0.2, 0) is 13.0 Å². The molecule has 0 aliphatic carbocycles. The summed E-state index contributed by atoms with van der Waals surface area (Å²) in [6.45, 7) is 3.18. The van der Waals surface area contributed by atoms with Gasteiger partial charge in [0.05, 0.1) is 40.7 Å². The van der Waals surface area contributed by atoms with Gasteiger partial charge in [0.1, 0.15) is 5.82 Å². The first kappa shape index (κ1) is 14.2. The largest absolute Gasteiger partial charge is 0.328 e. The molecule has 0 fully saturated rings. The van der Waals surface area contributed by atoms with Crippen LogP contribution in [0.1, 0.15) is 30.9 Å². The first-order chi connectivity index (χ1) is 10.3. The van der Waals surface area contributed by atoms with Crippen LogP contribution in [0.15, 0.2) is 30.5 Å². The Morgan fingerprint density at radius 2 is 2.19 bits per heavy atom. The standard InChI is InChI=1S/C15H19N5S/c1-3-8-20-14-7-5-4-6-11(14)18-15(20)9-12(16-2)13-10-17-21-19-13/h4-7,10,12,16H,3,8-9H2,1-2H3. The van der Waals surface area contributed by atoms with E-state index in [2.05, 4.69) is 43.8 Å². The van der Waals surface area contributed by atoms with E-state index in [-0.39, 0.29) is 6.04 Å². The number of benzene rings is 1. The Bertz CT molecular complexity index is 704. The van der Waals surface area contributed by atoms with Gasteiger partial charge >= 0.3 is 0 Å². The third-order valence-corrected chi connectivity index (χ3v) is 4.14. The van der Waals surface area contributed by atoms with Gasteiger partial charge in [-0.15, -0.1) is 0 Å². The van der Waals surface area contributed by atoms with Crippen LogP contribution in [0.3, 0.4) is 0 Å². The van der Waals surface area contributed by atoms with Gasteiger partial charge < -0.3 is 9.88 Å². The van der Waals surface area contributed by atoms with Crippen molar-refractivity contribution in [2.75, 3.05) is 7.05 Å². The monoisotopic (exact) mass is 301 g/mol. The second-order valence-electron chi connectivity index (χ2n) is 5.05. The Labute approximate surface area is 128 Å². The summed E-state index contributed by atoms with van der Waals surface area (Å²) < 4.78 is 10.8. The van der Waals surface area contributed by atoms with E-state index in [0.29, 0.717) is 0 Å². The molecule has 0 saturated heterocycles. The summed E-state index contributed by atoms with van der Waals surface area (Å²) in [5.41, 5.74) is 3.26. The fraction of sp³-hybridized carbons (Fsp3) is 0.400. The minimum absolute atomic E-state index is 0.149. The number of para-hydroxylation sites is 2. The molecule has 3 aromatic rings. The molecule has 6 heteroatoms. The molecule has 0 saturated carbocycles. The maximum Gasteiger partial charge on any atom is 0.111 e. The second kappa shape index (κ2) is 6.32. The molecule has 0 amide bonds. The summed E-state index contributed by atoms with van der Waals surface area (Å²) in [5.74, 6) is 1.10. The summed E-state index contributed by atoms with van der Waals surface area (Å²) in [6, 6.07) is 8.47. The highest BCUT2D eigenvalue weighted by Gasteiger charge is 2.18. The van der Waals surface area contributed by atoms with Gasteiger partial charge in [-0.1, -0.05) is 19.1 Å². The van der Waals surface area contributed by atoms with Crippen LogP contribution >= 0.6 is 11.7 Å². The number of nitrogens with one attached hydrogen (secondary N) is 1. The number of aromatic nitrogens is 4. The zero-order chi connectivity index (χ0) is 14.7. The van der Waals surface area contributed by atoms with Gasteiger partial charge in [0.25, 0.3) is 0 Å². The SMILES string of the molecule is CCCn1c(CC(NC)c2cnsn2)nc2ccccc21. The van der Waals surface area contributed by atoms with E-state index < -0.39 is 0 Å². The van der Waals surface area contributed by atoms with Gasteiger partial charge in [0.15, 0.2) is 0 Å². The number of likely N-dealkylation sites (N-methyl/N-ethyl adjacent to an activating group) is 1. The predicted octanol–water partition coefficient (Wildman–Crippen LogP) is 2.80. The first-order valence-electron chi connectivity index (χ1n) is 7.22. The van der Waals surface area contributed by atoms with Crippen LogP contribution in [0.2, 0.25) is 0 Å². The lowest BCUT2D eigenvalue weighted by atomic mass is 10.1. The molecule has 2 aromatic heterocycles. The smallest absolute Gasteiger partial charge is 0.111 e. The molecule has 0 spiro atoms. The Kier molecular flexibility index (Phi) is 4.26. The zero-order valence-electron chi connectivity index (χ0n) is 12.3. The molecule has 2 heterocycles. The van der Waals surface area contributed by atoms with Gasteiger partial charge in [0.2, 0.25) is 0 Å². The average molecular weight is 301 g/mol. The molecule has 0 bridgehead atoms. The van der Waals surface area contributed by atoms with E-state index in [1.54, 1.807) is 0 Å². The molecule has 21 heavy (non-hydrogen) atoms. The number of hydrogen-bond acceptors (Lipinski definition) is 5. The fourth-order valence-electron chi connectivity index (χ4n) is 2.62. The number of nitrogens with zero attached hydrogens (tertiary/aromatic N) is 4. The lowest BCUT2D eigenvalue weighted by Gasteiger charge is -2.14. The van der Waals surface area contributed by atoms with E-state index in [1.807, 2.05) is 19.3 Å². The summed E-state index contributed by atoms with van der Waals surface area (Å²) >= 11 is 1.25. The fourth-order valence-corrected chi connectivity index (χ4v) is 3.09. The average Bonchev–Trinajstić information content (AvgIpc) is 3.14.